The van der Waals surface area contributed by atoms with Gasteiger partial charge in [0.25, 0.3) is 11.8 Å². The SMILES string of the molecule is CCn1nc(C(=O)NC[C@@H]2[C@H]3CC[C@H](C3)N2C(=O)c2nc(N(C)C)sc2-c2ccccc2)c2ccccc21. The van der Waals surface area contributed by atoms with Crippen molar-refractivity contribution in [2.75, 3.05) is 25.5 Å². The van der Waals surface area contributed by atoms with E-state index in [-0.39, 0.29) is 23.9 Å². The Morgan fingerprint density at radius 1 is 1.05 bits per heavy atom. The first-order valence-corrected chi connectivity index (χ1v) is 14.1. The summed E-state index contributed by atoms with van der Waals surface area (Å²) in [6.07, 6.45) is 3.05. The van der Waals surface area contributed by atoms with Gasteiger partial charge >= 0.3 is 0 Å². The van der Waals surface area contributed by atoms with Crippen LogP contribution in [0.15, 0.2) is 54.6 Å². The zero-order valence-corrected chi connectivity index (χ0v) is 22.7. The van der Waals surface area contributed by atoms with Gasteiger partial charge in [-0.25, -0.2) is 4.98 Å². The third-order valence-electron chi connectivity index (χ3n) is 7.86. The summed E-state index contributed by atoms with van der Waals surface area (Å²) in [6.45, 7) is 3.11. The molecule has 1 aliphatic carbocycles. The molecule has 6 rings (SSSR count). The average molecular weight is 529 g/mol. The van der Waals surface area contributed by atoms with Crippen molar-refractivity contribution in [3.8, 4) is 10.4 Å². The average Bonchev–Trinajstić information content (AvgIpc) is 3.73. The predicted octanol–water partition coefficient (Wildman–Crippen LogP) is 4.67. The molecule has 2 aliphatic rings. The van der Waals surface area contributed by atoms with Gasteiger partial charge in [0, 0.05) is 38.6 Å². The first kappa shape index (κ1) is 24.6. The van der Waals surface area contributed by atoms with Gasteiger partial charge in [-0.3, -0.25) is 14.3 Å². The van der Waals surface area contributed by atoms with Crippen LogP contribution in [0.25, 0.3) is 21.3 Å². The van der Waals surface area contributed by atoms with E-state index in [4.69, 9.17) is 4.98 Å². The quantitative estimate of drug-likeness (QED) is 0.377. The van der Waals surface area contributed by atoms with Crippen molar-refractivity contribution in [3.05, 3.63) is 66.0 Å². The van der Waals surface area contributed by atoms with E-state index in [2.05, 4.69) is 10.4 Å². The molecular weight excluding hydrogens is 496 g/mol. The minimum Gasteiger partial charge on any atom is -0.354 e. The Hall–Kier alpha value is -3.72. The number of amides is 2. The molecular formula is C29H32N6O2S. The second-order valence-electron chi connectivity index (χ2n) is 10.3. The van der Waals surface area contributed by atoms with E-state index in [9.17, 15) is 9.59 Å². The topological polar surface area (TPSA) is 83.4 Å². The van der Waals surface area contributed by atoms with Crippen molar-refractivity contribution in [3.63, 3.8) is 0 Å². The van der Waals surface area contributed by atoms with E-state index in [1.807, 2.05) is 90.1 Å². The zero-order chi connectivity index (χ0) is 26.4. The lowest BCUT2D eigenvalue weighted by molar-refractivity contribution is 0.0577. The molecule has 2 amide bonds. The molecule has 0 spiro atoms. The van der Waals surface area contributed by atoms with E-state index in [0.29, 0.717) is 30.4 Å². The minimum atomic E-state index is -0.197. The third-order valence-corrected chi connectivity index (χ3v) is 9.13. The second kappa shape index (κ2) is 9.87. The van der Waals surface area contributed by atoms with Crippen LogP contribution in [-0.2, 0) is 6.54 Å². The van der Waals surface area contributed by atoms with E-state index < -0.39 is 0 Å². The summed E-state index contributed by atoms with van der Waals surface area (Å²) in [7, 11) is 3.89. The highest BCUT2D eigenvalue weighted by molar-refractivity contribution is 7.19. The minimum absolute atomic E-state index is 0.0413. The number of aryl methyl sites for hydroxylation is 1. The number of thiazole rings is 1. The zero-order valence-electron chi connectivity index (χ0n) is 21.9. The first-order chi connectivity index (χ1) is 18.5. The number of hydrogen-bond acceptors (Lipinski definition) is 6. The van der Waals surface area contributed by atoms with Crippen LogP contribution in [0.5, 0.6) is 0 Å². The molecule has 4 aromatic rings. The summed E-state index contributed by atoms with van der Waals surface area (Å²) in [4.78, 5) is 37.1. The van der Waals surface area contributed by atoms with Crippen LogP contribution in [0.1, 0.15) is 47.2 Å². The number of anilines is 1. The van der Waals surface area contributed by atoms with E-state index in [1.165, 1.54) is 11.3 Å². The highest BCUT2D eigenvalue weighted by atomic mass is 32.1. The fourth-order valence-electron chi connectivity index (χ4n) is 6.04. The molecule has 0 radical (unpaired) electrons. The number of rotatable bonds is 7. The predicted molar refractivity (Wildman–Crippen MR) is 151 cm³/mol. The fourth-order valence-corrected chi connectivity index (χ4v) is 7.03. The van der Waals surface area contributed by atoms with Gasteiger partial charge in [-0.15, -0.1) is 0 Å². The standard InChI is InChI=1S/C29H32N6O2S/c1-4-34-22-13-9-8-12-21(22)24(32-34)27(36)30-17-23-19-14-15-20(16-19)35(23)28(37)25-26(18-10-6-5-7-11-18)38-29(31-25)33(2)3/h5-13,19-20,23H,4,14-17H2,1-3H3,(H,30,36)/t19-,20+,23+/m0/s1. The van der Waals surface area contributed by atoms with Crippen LogP contribution >= 0.6 is 11.3 Å². The number of fused-ring (bicyclic) bond motifs is 3. The van der Waals surface area contributed by atoms with Crippen molar-refractivity contribution in [1.82, 2.24) is 25.0 Å². The molecule has 3 atom stereocenters. The number of benzene rings is 2. The number of para-hydroxylation sites is 1. The van der Waals surface area contributed by atoms with Gasteiger partial charge in [-0.05, 0) is 43.7 Å². The van der Waals surface area contributed by atoms with Gasteiger partial charge in [0.05, 0.1) is 16.4 Å². The van der Waals surface area contributed by atoms with E-state index >= 15 is 0 Å². The normalized spacial score (nSPS) is 20.3. The lowest BCUT2D eigenvalue weighted by atomic mass is 9.98. The van der Waals surface area contributed by atoms with E-state index in [0.717, 1.165) is 45.7 Å². The molecule has 196 valence electrons. The molecule has 0 unspecified atom stereocenters. The number of piperidine rings is 1. The Kier molecular flexibility index (Phi) is 6.39. The van der Waals surface area contributed by atoms with Gasteiger partial charge in [0.1, 0.15) is 5.69 Å². The van der Waals surface area contributed by atoms with Crippen LogP contribution in [0, 0.1) is 5.92 Å². The summed E-state index contributed by atoms with van der Waals surface area (Å²) in [5, 5.41) is 9.36. The highest BCUT2D eigenvalue weighted by Crippen LogP contribution is 2.44. The number of carbonyl (C=O) groups is 2. The number of hydrogen-bond donors (Lipinski definition) is 1. The van der Waals surface area contributed by atoms with Gasteiger partial charge in [-0.1, -0.05) is 59.9 Å². The van der Waals surface area contributed by atoms with Crippen LogP contribution in [0.2, 0.25) is 0 Å². The van der Waals surface area contributed by atoms with Crippen molar-refractivity contribution >= 4 is 39.2 Å². The lowest BCUT2D eigenvalue weighted by Gasteiger charge is -2.35. The molecule has 38 heavy (non-hydrogen) atoms. The van der Waals surface area contributed by atoms with Crippen LogP contribution in [0.4, 0.5) is 5.13 Å². The van der Waals surface area contributed by atoms with Crippen molar-refractivity contribution in [2.24, 2.45) is 5.92 Å². The maximum absolute atomic E-state index is 14.1. The Morgan fingerprint density at radius 2 is 1.82 bits per heavy atom. The number of likely N-dealkylation sites (tertiary alicyclic amines) is 1. The molecule has 3 heterocycles. The van der Waals surface area contributed by atoms with Gasteiger partial charge in [0.2, 0.25) is 0 Å². The molecule has 2 aromatic carbocycles. The maximum Gasteiger partial charge on any atom is 0.274 e. The first-order valence-electron chi connectivity index (χ1n) is 13.3. The molecule has 2 fully saturated rings. The summed E-state index contributed by atoms with van der Waals surface area (Å²) < 4.78 is 1.85. The Labute approximate surface area is 226 Å². The Morgan fingerprint density at radius 3 is 2.58 bits per heavy atom. The van der Waals surface area contributed by atoms with E-state index in [1.54, 1.807) is 0 Å². The lowest BCUT2D eigenvalue weighted by Crippen LogP contribution is -2.50. The number of nitrogens with zero attached hydrogens (tertiary/aromatic N) is 5. The number of carbonyl (C=O) groups excluding carboxylic acids is 2. The van der Waals surface area contributed by atoms with Gasteiger partial charge in [0.15, 0.2) is 10.8 Å². The van der Waals surface area contributed by atoms with Crippen molar-refractivity contribution in [2.45, 2.75) is 44.8 Å². The molecule has 8 nitrogen and oxygen atoms in total. The molecule has 1 saturated carbocycles. The Bertz CT molecular complexity index is 1490. The number of nitrogens with one attached hydrogen (secondary N) is 1. The van der Waals surface area contributed by atoms with Gasteiger partial charge in [-0.2, -0.15) is 5.10 Å². The van der Waals surface area contributed by atoms with Crippen LogP contribution in [0.3, 0.4) is 0 Å². The third kappa shape index (κ3) is 4.15. The molecule has 2 aromatic heterocycles. The highest BCUT2D eigenvalue weighted by Gasteiger charge is 2.49. The van der Waals surface area contributed by atoms with Gasteiger partial charge < -0.3 is 15.1 Å². The largest absolute Gasteiger partial charge is 0.354 e. The summed E-state index contributed by atoms with van der Waals surface area (Å²) in [5.41, 5.74) is 2.88. The summed E-state index contributed by atoms with van der Waals surface area (Å²) in [6, 6.07) is 17.9. The van der Waals surface area contributed by atoms with Crippen molar-refractivity contribution in [1.29, 1.82) is 0 Å². The Balaban J connectivity index is 1.27. The molecule has 1 N–H and O–H groups in total. The molecule has 2 bridgehead atoms. The molecule has 9 heteroatoms. The number of aromatic nitrogens is 3. The summed E-state index contributed by atoms with van der Waals surface area (Å²) in [5.74, 6) is 0.138. The molecule has 1 saturated heterocycles. The van der Waals surface area contributed by atoms with Crippen molar-refractivity contribution < 1.29 is 9.59 Å². The summed E-state index contributed by atoms with van der Waals surface area (Å²) >= 11 is 1.54. The second-order valence-corrected chi connectivity index (χ2v) is 11.3. The van der Waals surface area contributed by atoms with Crippen LogP contribution in [-0.4, -0.2) is 64.2 Å². The fraction of sp³-hybridized carbons (Fsp3) is 0.379. The molecule has 1 aliphatic heterocycles. The monoisotopic (exact) mass is 528 g/mol. The smallest absolute Gasteiger partial charge is 0.274 e. The maximum atomic E-state index is 14.1. The van der Waals surface area contributed by atoms with Crippen LogP contribution < -0.4 is 10.2 Å².